The van der Waals surface area contributed by atoms with Crippen LogP contribution < -0.4 is 5.73 Å². The predicted octanol–water partition coefficient (Wildman–Crippen LogP) is 2.64. The molecule has 1 atom stereocenters. The standard InChI is InChI=1S/C17H21N5O/c1-3-5-6-7-8-12-15-13(17(23)22(12)9-4-2)14(18)11-10-19-21-16(11)20-15/h10,12H,4,6-9H2,1-2H3,(H3,18,19,20,21). The Balaban J connectivity index is 2.01. The zero-order chi connectivity index (χ0) is 16.4. The van der Waals surface area contributed by atoms with Gasteiger partial charge >= 0.3 is 0 Å². The Morgan fingerprint density at radius 2 is 2.30 bits per heavy atom. The van der Waals surface area contributed by atoms with E-state index in [0.717, 1.165) is 31.4 Å². The van der Waals surface area contributed by atoms with E-state index >= 15 is 0 Å². The van der Waals surface area contributed by atoms with Crippen LogP contribution in [0.1, 0.15) is 61.6 Å². The van der Waals surface area contributed by atoms with E-state index < -0.39 is 0 Å². The number of aromatic nitrogens is 3. The highest BCUT2D eigenvalue weighted by atomic mass is 16.2. The highest BCUT2D eigenvalue weighted by Crippen LogP contribution is 2.40. The molecule has 0 bridgehead atoms. The SMILES string of the molecule is CC#CCCCC1c2nc3[nH]ncc3c(N)c2C(=O)N1CCC. The predicted molar refractivity (Wildman–Crippen MR) is 89.7 cm³/mol. The number of aromatic amines is 1. The van der Waals surface area contributed by atoms with Crippen LogP contribution in [0.3, 0.4) is 0 Å². The first-order valence-electron chi connectivity index (χ1n) is 8.02. The number of nitrogens with one attached hydrogen (secondary N) is 1. The lowest BCUT2D eigenvalue weighted by Gasteiger charge is -2.24. The van der Waals surface area contributed by atoms with Crippen LogP contribution in [0.5, 0.6) is 0 Å². The van der Waals surface area contributed by atoms with E-state index in [1.165, 1.54) is 0 Å². The molecule has 0 radical (unpaired) electrons. The van der Waals surface area contributed by atoms with Crippen molar-refractivity contribution in [3.8, 4) is 11.8 Å². The topological polar surface area (TPSA) is 87.9 Å². The second-order valence-corrected chi connectivity index (χ2v) is 5.75. The van der Waals surface area contributed by atoms with E-state index in [-0.39, 0.29) is 11.9 Å². The number of anilines is 1. The van der Waals surface area contributed by atoms with Gasteiger partial charge in [0.05, 0.1) is 34.6 Å². The van der Waals surface area contributed by atoms with Gasteiger partial charge in [0.1, 0.15) is 0 Å². The van der Waals surface area contributed by atoms with Gasteiger partial charge in [-0.1, -0.05) is 6.92 Å². The number of unbranched alkanes of at least 4 members (excludes halogenated alkanes) is 1. The average molecular weight is 311 g/mol. The number of hydrogen-bond donors (Lipinski definition) is 2. The monoisotopic (exact) mass is 311 g/mol. The molecule has 2 aromatic rings. The summed E-state index contributed by atoms with van der Waals surface area (Å²) in [5.74, 6) is 5.97. The van der Waals surface area contributed by atoms with Crippen LogP contribution in [0.4, 0.5) is 5.69 Å². The summed E-state index contributed by atoms with van der Waals surface area (Å²) in [5, 5.41) is 7.55. The van der Waals surface area contributed by atoms with Crippen LogP contribution in [0, 0.1) is 11.8 Å². The van der Waals surface area contributed by atoms with Crippen LogP contribution in [-0.4, -0.2) is 32.5 Å². The first kappa shape index (κ1) is 15.3. The second kappa shape index (κ2) is 6.29. The van der Waals surface area contributed by atoms with E-state index in [9.17, 15) is 4.79 Å². The van der Waals surface area contributed by atoms with Gasteiger partial charge in [0.25, 0.3) is 5.91 Å². The molecule has 1 aliphatic heterocycles. The van der Waals surface area contributed by atoms with E-state index in [2.05, 4.69) is 33.9 Å². The minimum absolute atomic E-state index is 0.0125. The molecule has 0 saturated carbocycles. The molecule has 2 aromatic heterocycles. The van der Waals surface area contributed by atoms with Gasteiger partial charge in [0, 0.05) is 13.0 Å². The van der Waals surface area contributed by atoms with Gasteiger partial charge in [-0.05, 0) is 26.2 Å². The van der Waals surface area contributed by atoms with Crippen molar-refractivity contribution in [2.24, 2.45) is 0 Å². The first-order valence-corrected chi connectivity index (χ1v) is 8.02. The molecule has 3 heterocycles. The lowest BCUT2D eigenvalue weighted by Crippen LogP contribution is -2.29. The Morgan fingerprint density at radius 3 is 3.04 bits per heavy atom. The number of pyridine rings is 1. The van der Waals surface area contributed by atoms with Crippen molar-refractivity contribution in [1.29, 1.82) is 0 Å². The summed E-state index contributed by atoms with van der Waals surface area (Å²) in [6.07, 6.45) is 5.14. The Labute approximate surface area is 135 Å². The van der Waals surface area contributed by atoms with Crippen LogP contribution in [0.25, 0.3) is 11.0 Å². The molecule has 6 nitrogen and oxygen atoms in total. The molecule has 0 fully saturated rings. The number of carbonyl (C=O) groups is 1. The van der Waals surface area contributed by atoms with Crippen molar-refractivity contribution in [3.05, 3.63) is 17.5 Å². The molecule has 1 aliphatic rings. The summed E-state index contributed by atoms with van der Waals surface area (Å²) in [4.78, 5) is 19.4. The third kappa shape index (κ3) is 2.52. The molecular weight excluding hydrogens is 290 g/mol. The number of amides is 1. The number of carbonyl (C=O) groups excluding carboxylic acids is 1. The first-order chi connectivity index (χ1) is 11.2. The number of nitrogens with zero attached hydrogens (tertiary/aromatic N) is 3. The quantitative estimate of drug-likeness (QED) is 0.656. The maximum Gasteiger partial charge on any atom is 0.258 e. The number of rotatable bonds is 5. The Kier molecular flexibility index (Phi) is 4.20. The summed E-state index contributed by atoms with van der Waals surface area (Å²) in [5.41, 5.74) is 8.70. The Hall–Kier alpha value is -2.55. The smallest absolute Gasteiger partial charge is 0.258 e. The summed E-state index contributed by atoms with van der Waals surface area (Å²) in [6.45, 7) is 4.63. The molecule has 3 N–H and O–H groups in total. The summed E-state index contributed by atoms with van der Waals surface area (Å²) < 4.78 is 0. The molecule has 120 valence electrons. The summed E-state index contributed by atoms with van der Waals surface area (Å²) in [7, 11) is 0. The van der Waals surface area contributed by atoms with Gasteiger partial charge in [-0.2, -0.15) is 5.10 Å². The van der Waals surface area contributed by atoms with Gasteiger partial charge in [-0.3, -0.25) is 9.89 Å². The molecule has 23 heavy (non-hydrogen) atoms. The second-order valence-electron chi connectivity index (χ2n) is 5.75. The largest absolute Gasteiger partial charge is 0.397 e. The number of nitrogen functional groups attached to an aromatic ring is 1. The molecule has 0 aromatic carbocycles. The third-order valence-electron chi connectivity index (χ3n) is 4.25. The molecule has 0 aliphatic carbocycles. The maximum absolute atomic E-state index is 12.8. The number of fused-ring (bicyclic) bond motifs is 2. The summed E-state index contributed by atoms with van der Waals surface area (Å²) in [6, 6.07) is -0.0221. The third-order valence-corrected chi connectivity index (χ3v) is 4.25. The fraction of sp³-hybridized carbons (Fsp3) is 0.471. The van der Waals surface area contributed by atoms with Crippen molar-refractivity contribution < 1.29 is 4.79 Å². The number of hydrogen-bond acceptors (Lipinski definition) is 4. The van der Waals surface area contributed by atoms with E-state index in [1.807, 2.05) is 11.8 Å². The molecule has 1 amide bonds. The number of H-pyrrole nitrogens is 1. The minimum Gasteiger partial charge on any atom is -0.397 e. The van der Waals surface area contributed by atoms with E-state index in [1.54, 1.807) is 6.20 Å². The number of nitrogens with two attached hydrogens (primary N) is 1. The van der Waals surface area contributed by atoms with Gasteiger partial charge in [-0.15, -0.1) is 11.8 Å². The van der Waals surface area contributed by atoms with Crippen molar-refractivity contribution in [3.63, 3.8) is 0 Å². The zero-order valence-corrected chi connectivity index (χ0v) is 13.5. The van der Waals surface area contributed by atoms with Crippen molar-refractivity contribution >= 4 is 22.6 Å². The van der Waals surface area contributed by atoms with Gasteiger partial charge in [0.15, 0.2) is 5.65 Å². The average Bonchev–Trinajstić information content (AvgIpc) is 3.10. The normalized spacial score (nSPS) is 16.5. The van der Waals surface area contributed by atoms with Gasteiger partial charge < -0.3 is 10.6 Å². The lowest BCUT2D eigenvalue weighted by atomic mass is 10.0. The molecule has 1 unspecified atom stereocenters. The highest BCUT2D eigenvalue weighted by molar-refractivity contribution is 6.09. The van der Waals surface area contributed by atoms with Crippen LogP contribution in [-0.2, 0) is 0 Å². The van der Waals surface area contributed by atoms with Gasteiger partial charge in [-0.25, -0.2) is 4.98 Å². The lowest BCUT2D eigenvalue weighted by molar-refractivity contribution is 0.0716. The molecular formula is C17H21N5O. The maximum atomic E-state index is 12.8. The molecule has 6 heteroatoms. The van der Waals surface area contributed by atoms with Gasteiger partial charge in [0.2, 0.25) is 0 Å². The molecule has 0 spiro atoms. The van der Waals surface area contributed by atoms with E-state index in [0.29, 0.717) is 28.8 Å². The Morgan fingerprint density at radius 1 is 1.48 bits per heavy atom. The van der Waals surface area contributed by atoms with Crippen molar-refractivity contribution in [2.75, 3.05) is 12.3 Å². The Bertz CT molecular complexity index is 798. The van der Waals surface area contributed by atoms with Crippen molar-refractivity contribution in [2.45, 2.75) is 45.6 Å². The van der Waals surface area contributed by atoms with Crippen molar-refractivity contribution in [1.82, 2.24) is 20.1 Å². The van der Waals surface area contributed by atoms with Crippen LogP contribution in [0.15, 0.2) is 6.20 Å². The molecule has 3 rings (SSSR count). The van der Waals surface area contributed by atoms with Crippen LogP contribution in [0.2, 0.25) is 0 Å². The summed E-state index contributed by atoms with van der Waals surface area (Å²) >= 11 is 0. The van der Waals surface area contributed by atoms with E-state index in [4.69, 9.17) is 5.73 Å². The fourth-order valence-corrected chi connectivity index (χ4v) is 3.21. The minimum atomic E-state index is -0.0221. The molecule has 0 saturated heterocycles. The fourth-order valence-electron chi connectivity index (χ4n) is 3.21. The zero-order valence-electron chi connectivity index (χ0n) is 13.5. The van der Waals surface area contributed by atoms with Crippen LogP contribution >= 0.6 is 0 Å². The highest BCUT2D eigenvalue weighted by Gasteiger charge is 2.39.